The maximum absolute atomic E-state index is 12.5. The van der Waals surface area contributed by atoms with E-state index in [1.54, 1.807) is 0 Å². The number of ether oxygens (including phenoxy) is 1. The van der Waals surface area contributed by atoms with Gasteiger partial charge in [0.25, 0.3) is 0 Å². The third-order valence-corrected chi connectivity index (χ3v) is 5.86. The molecule has 30 heavy (non-hydrogen) atoms. The molecular weight excluding hydrogens is 388 g/mol. The van der Waals surface area contributed by atoms with Crippen LogP contribution in [0.5, 0.6) is 0 Å². The molecule has 1 fully saturated rings. The molecule has 1 atom stereocenters. The Bertz CT molecular complexity index is 961. The Morgan fingerprint density at radius 2 is 1.63 bits per heavy atom. The Hall–Kier alpha value is -3.55. The second-order valence-corrected chi connectivity index (χ2v) is 7.65. The van der Waals surface area contributed by atoms with E-state index in [9.17, 15) is 24.6 Å². The van der Waals surface area contributed by atoms with E-state index in [0.29, 0.717) is 6.42 Å². The van der Waals surface area contributed by atoms with Gasteiger partial charge in [0.2, 0.25) is 0 Å². The van der Waals surface area contributed by atoms with Gasteiger partial charge in [-0.3, -0.25) is 0 Å². The van der Waals surface area contributed by atoms with Gasteiger partial charge in [0, 0.05) is 12.5 Å². The van der Waals surface area contributed by atoms with E-state index in [-0.39, 0.29) is 32.0 Å². The van der Waals surface area contributed by atoms with Gasteiger partial charge < -0.3 is 25.2 Å². The number of rotatable bonds is 4. The Labute approximate surface area is 173 Å². The number of nitrogens with one attached hydrogen (secondary N) is 1. The van der Waals surface area contributed by atoms with Gasteiger partial charge in [0.1, 0.15) is 6.61 Å². The highest BCUT2D eigenvalue weighted by molar-refractivity contribution is 5.86. The van der Waals surface area contributed by atoms with Crippen LogP contribution in [0.15, 0.2) is 48.5 Å². The topological polar surface area (TPSA) is 116 Å². The van der Waals surface area contributed by atoms with Crippen molar-refractivity contribution in [2.75, 3.05) is 19.7 Å². The standard InChI is InChI=1S/C22H22N2O6/c25-19(26)22(10-5-11-24(13-22)21(28)29)23-20(27)30-12-18-16-8-3-1-6-14(16)15-7-2-4-9-17(15)18/h1-4,6-9,18H,5,10-13H2,(H,23,27)(H,25,26)(H,28,29). The first-order chi connectivity index (χ1) is 14.4. The minimum atomic E-state index is -1.70. The van der Waals surface area contributed by atoms with Crippen LogP contribution in [0.2, 0.25) is 0 Å². The number of hydrogen-bond donors (Lipinski definition) is 3. The first-order valence-corrected chi connectivity index (χ1v) is 9.76. The molecule has 2 aromatic carbocycles. The third kappa shape index (κ3) is 3.45. The smallest absolute Gasteiger partial charge is 0.408 e. The third-order valence-electron chi connectivity index (χ3n) is 5.86. The van der Waals surface area contributed by atoms with Gasteiger partial charge in [-0.15, -0.1) is 0 Å². The summed E-state index contributed by atoms with van der Waals surface area (Å²) in [5.41, 5.74) is 2.59. The van der Waals surface area contributed by atoms with Crippen LogP contribution in [-0.4, -0.2) is 58.5 Å². The summed E-state index contributed by atoms with van der Waals surface area (Å²) in [6, 6.07) is 15.8. The molecule has 0 saturated carbocycles. The Kier molecular flexibility index (Phi) is 5.07. The first-order valence-electron chi connectivity index (χ1n) is 9.76. The maximum Gasteiger partial charge on any atom is 0.408 e. The fraction of sp³-hybridized carbons (Fsp3) is 0.318. The molecular formula is C22H22N2O6. The highest BCUT2D eigenvalue weighted by Gasteiger charge is 2.45. The van der Waals surface area contributed by atoms with Crippen LogP contribution in [-0.2, 0) is 9.53 Å². The number of alkyl carbamates (subject to hydrolysis) is 1. The van der Waals surface area contributed by atoms with Crippen molar-refractivity contribution >= 4 is 18.2 Å². The average molecular weight is 410 g/mol. The van der Waals surface area contributed by atoms with E-state index < -0.39 is 23.7 Å². The van der Waals surface area contributed by atoms with E-state index in [0.717, 1.165) is 27.2 Å². The number of carboxylic acid groups (broad SMARTS) is 2. The molecule has 4 rings (SSSR count). The van der Waals surface area contributed by atoms with E-state index >= 15 is 0 Å². The predicted octanol–water partition coefficient (Wildman–Crippen LogP) is 3.12. The van der Waals surface area contributed by atoms with Gasteiger partial charge in [-0.05, 0) is 35.1 Å². The summed E-state index contributed by atoms with van der Waals surface area (Å²) in [6.07, 6.45) is -1.61. The summed E-state index contributed by atoms with van der Waals surface area (Å²) in [5, 5.41) is 21.3. The van der Waals surface area contributed by atoms with Gasteiger partial charge in [-0.1, -0.05) is 48.5 Å². The molecule has 8 heteroatoms. The van der Waals surface area contributed by atoms with Crippen molar-refractivity contribution in [1.82, 2.24) is 10.2 Å². The molecule has 0 aromatic heterocycles. The molecule has 1 aliphatic heterocycles. The molecule has 0 radical (unpaired) electrons. The van der Waals surface area contributed by atoms with E-state index in [1.807, 2.05) is 48.5 Å². The predicted molar refractivity (Wildman–Crippen MR) is 107 cm³/mol. The number of nitrogens with zero attached hydrogens (tertiary/aromatic N) is 1. The van der Waals surface area contributed by atoms with Crippen LogP contribution in [0.3, 0.4) is 0 Å². The minimum absolute atomic E-state index is 0.0538. The molecule has 1 saturated heterocycles. The Balaban J connectivity index is 1.48. The second kappa shape index (κ2) is 7.70. The zero-order valence-electron chi connectivity index (χ0n) is 16.2. The van der Waals surface area contributed by atoms with Crippen LogP contribution in [0, 0.1) is 0 Å². The van der Waals surface area contributed by atoms with Crippen molar-refractivity contribution in [2.45, 2.75) is 24.3 Å². The van der Waals surface area contributed by atoms with E-state index in [4.69, 9.17) is 4.74 Å². The zero-order valence-corrected chi connectivity index (χ0v) is 16.2. The molecule has 1 heterocycles. The summed E-state index contributed by atoms with van der Waals surface area (Å²) in [7, 11) is 0. The molecule has 0 spiro atoms. The van der Waals surface area contributed by atoms with Crippen molar-refractivity contribution in [3.05, 3.63) is 59.7 Å². The minimum Gasteiger partial charge on any atom is -0.479 e. The first kappa shape index (κ1) is 19.8. The largest absolute Gasteiger partial charge is 0.479 e. The maximum atomic E-state index is 12.5. The van der Waals surface area contributed by atoms with Gasteiger partial charge >= 0.3 is 18.2 Å². The van der Waals surface area contributed by atoms with E-state index in [1.165, 1.54) is 0 Å². The highest BCUT2D eigenvalue weighted by Crippen LogP contribution is 2.44. The van der Waals surface area contributed by atoms with Gasteiger partial charge in [0.05, 0.1) is 6.54 Å². The van der Waals surface area contributed by atoms with Gasteiger partial charge in [-0.2, -0.15) is 0 Å². The number of carbonyl (C=O) groups excluding carboxylic acids is 1. The van der Waals surface area contributed by atoms with Gasteiger partial charge in [0.15, 0.2) is 5.54 Å². The van der Waals surface area contributed by atoms with Crippen LogP contribution >= 0.6 is 0 Å². The number of fused-ring (bicyclic) bond motifs is 3. The number of aliphatic carboxylic acids is 1. The molecule has 2 aromatic rings. The number of likely N-dealkylation sites (tertiary alicyclic amines) is 1. The van der Waals surface area contributed by atoms with E-state index in [2.05, 4.69) is 5.32 Å². The highest BCUT2D eigenvalue weighted by atomic mass is 16.5. The van der Waals surface area contributed by atoms with Crippen LogP contribution in [0.1, 0.15) is 29.9 Å². The molecule has 0 bridgehead atoms. The number of benzene rings is 2. The molecule has 1 aliphatic carbocycles. The Morgan fingerprint density at radius 1 is 1.03 bits per heavy atom. The molecule has 2 amide bonds. The number of amides is 2. The molecule has 3 N–H and O–H groups in total. The summed E-state index contributed by atoms with van der Waals surface area (Å²) in [5.74, 6) is -1.42. The quantitative estimate of drug-likeness (QED) is 0.713. The number of piperidine rings is 1. The summed E-state index contributed by atoms with van der Waals surface area (Å²) in [4.78, 5) is 36.7. The monoisotopic (exact) mass is 410 g/mol. The number of carboxylic acids is 1. The van der Waals surface area contributed by atoms with Crippen molar-refractivity contribution in [1.29, 1.82) is 0 Å². The summed E-state index contributed by atoms with van der Waals surface area (Å²) < 4.78 is 5.43. The van der Waals surface area contributed by atoms with Gasteiger partial charge in [-0.25, -0.2) is 14.4 Å². The fourth-order valence-electron chi connectivity index (χ4n) is 4.38. The van der Waals surface area contributed by atoms with Crippen molar-refractivity contribution in [3.63, 3.8) is 0 Å². The van der Waals surface area contributed by atoms with Crippen LogP contribution in [0.25, 0.3) is 11.1 Å². The lowest BCUT2D eigenvalue weighted by molar-refractivity contribution is -0.146. The molecule has 2 aliphatic rings. The van der Waals surface area contributed by atoms with Crippen LogP contribution < -0.4 is 5.32 Å². The fourth-order valence-corrected chi connectivity index (χ4v) is 4.38. The lowest BCUT2D eigenvalue weighted by Gasteiger charge is -2.38. The number of carbonyl (C=O) groups is 3. The molecule has 1 unspecified atom stereocenters. The zero-order chi connectivity index (χ0) is 21.3. The molecule has 8 nitrogen and oxygen atoms in total. The van der Waals surface area contributed by atoms with Crippen molar-refractivity contribution in [3.8, 4) is 11.1 Å². The SMILES string of the molecule is O=C(NC1(C(=O)O)CCCN(C(=O)O)C1)OCC1c2ccccc2-c2ccccc21. The second-order valence-electron chi connectivity index (χ2n) is 7.65. The number of hydrogen-bond acceptors (Lipinski definition) is 4. The Morgan fingerprint density at radius 3 is 2.20 bits per heavy atom. The average Bonchev–Trinajstić information content (AvgIpc) is 3.06. The lowest BCUT2D eigenvalue weighted by Crippen LogP contribution is -2.64. The lowest BCUT2D eigenvalue weighted by atomic mass is 9.89. The summed E-state index contributed by atoms with van der Waals surface area (Å²) >= 11 is 0. The van der Waals surface area contributed by atoms with Crippen LogP contribution in [0.4, 0.5) is 9.59 Å². The van der Waals surface area contributed by atoms with Crippen molar-refractivity contribution < 1.29 is 29.3 Å². The normalized spacial score (nSPS) is 20.2. The van der Waals surface area contributed by atoms with Crippen molar-refractivity contribution in [2.24, 2.45) is 0 Å². The summed E-state index contributed by atoms with van der Waals surface area (Å²) in [6.45, 7) is -0.0310. The molecule has 156 valence electrons.